The molecular formula is C10H7F5N2S. The van der Waals surface area contributed by atoms with Crippen molar-refractivity contribution in [1.29, 1.82) is 0 Å². The number of alkyl halides is 4. The number of imidazole rings is 1. The molecule has 0 bridgehead atoms. The second-order valence-corrected chi connectivity index (χ2v) is 4.13. The molecular weight excluding hydrogens is 275 g/mol. The van der Waals surface area contributed by atoms with Gasteiger partial charge in [-0.3, -0.25) is 0 Å². The van der Waals surface area contributed by atoms with Crippen LogP contribution in [-0.4, -0.2) is 21.9 Å². The number of nitrogens with one attached hydrogen (secondary N) is 1. The van der Waals surface area contributed by atoms with E-state index in [2.05, 4.69) is 4.98 Å². The van der Waals surface area contributed by atoms with E-state index in [9.17, 15) is 22.0 Å². The number of hydrogen-bond acceptors (Lipinski definition) is 1. The number of rotatable bonds is 3. The zero-order valence-electron chi connectivity index (χ0n) is 8.76. The van der Waals surface area contributed by atoms with Crippen LogP contribution in [0.2, 0.25) is 0 Å². The van der Waals surface area contributed by atoms with Crippen LogP contribution in [0.4, 0.5) is 22.0 Å². The highest BCUT2D eigenvalue weighted by molar-refractivity contribution is 7.71. The summed E-state index contributed by atoms with van der Waals surface area (Å²) in [6.45, 7) is -1.25. The van der Waals surface area contributed by atoms with Crippen molar-refractivity contribution in [1.82, 2.24) is 9.55 Å². The lowest BCUT2D eigenvalue weighted by molar-refractivity contribution is -0.137. The topological polar surface area (TPSA) is 20.7 Å². The summed E-state index contributed by atoms with van der Waals surface area (Å²) >= 11 is 4.76. The molecule has 2 rings (SSSR count). The van der Waals surface area contributed by atoms with E-state index >= 15 is 0 Å². The first-order valence-electron chi connectivity index (χ1n) is 4.85. The molecule has 0 unspecified atom stereocenters. The van der Waals surface area contributed by atoms with Crippen LogP contribution >= 0.6 is 12.2 Å². The molecule has 18 heavy (non-hydrogen) atoms. The molecule has 1 heterocycles. The fourth-order valence-corrected chi connectivity index (χ4v) is 1.85. The molecule has 1 aromatic heterocycles. The average Bonchev–Trinajstić information content (AvgIpc) is 2.54. The molecule has 1 aromatic carbocycles. The highest BCUT2D eigenvalue weighted by atomic mass is 32.1. The minimum Gasteiger partial charge on any atom is -0.330 e. The number of H-pyrrole nitrogens is 1. The fraction of sp³-hybridized carbons (Fsp3) is 0.300. The molecule has 0 fully saturated rings. The summed E-state index contributed by atoms with van der Waals surface area (Å²) in [6.07, 6.45) is -3.79. The number of fused-ring (bicyclic) bond motifs is 1. The summed E-state index contributed by atoms with van der Waals surface area (Å²) in [7, 11) is 0. The molecule has 0 radical (unpaired) electrons. The van der Waals surface area contributed by atoms with Crippen molar-refractivity contribution in [2.45, 2.75) is 18.9 Å². The third-order valence-electron chi connectivity index (χ3n) is 2.42. The Kier molecular flexibility index (Phi) is 3.14. The monoisotopic (exact) mass is 282 g/mol. The van der Waals surface area contributed by atoms with Crippen molar-refractivity contribution in [3.05, 3.63) is 28.8 Å². The number of nitrogens with zero attached hydrogens (tertiary/aromatic N) is 1. The van der Waals surface area contributed by atoms with Crippen LogP contribution in [0.15, 0.2) is 18.2 Å². The standard InChI is InChI=1S/C10H7F5N2S/c11-5-1-2-7-6(3-5)16-9(18)17(7)4-10(14,15)8(12)13/h1-3,8H,4H2,(H,16,18). The van der Waals surface area contributed by atoms with Crippen molar-refractivity contribution >= 4 is 23.3 Å². The molecule has 0 spiro atoms. The highest BCUT2D eigenvalue weighted by Gasteiger charge is 2.41. The molecule has 1 N–H and O–H groups in total. The van der Waals surface area contributed by atoms with E-state index in [-0.39, 0.29) is 15.8 Å². The first-order valence-corrected chi connectivity index (χ1v) is 5.26. The SMILES string of the molecule is Fc1ccc2c(c1)[nH]c(=S)n2CC(F)(F)C(F)F. The van der Waals surface area contributed by atoms with E-state index in [0.717, 1.165) is 16.7 Å². The summed E-state index contributed by atoms with van der Waals surface area (Å²) in [5, 5.41) is 0. The van der Waals surface area contributed by atoms with Gasteiger partial charge in [-0.1, -0.05) is 0 Å². The van der Waals surface area contributed by atoms with Gasteiger partial charge in [0.15, 0.2) is 4.77 Å². The van der Waals surface area contributed by atoms with Crippen LogP contribution in [0.25, 0.3) is 11.0 Å². The fourth-order valence-electron chi connectivity index (χ4n) is 1.57. The van der Waals surface area contributed by atoms with E-state index in [0.29, 0.717) is 0 Å². The largest absolute Gasteiger partial charge is 0.330 e. The Balaban J connectivity index is 2.52. The summed E-state index contributed by atoms with van der Waals surface area (Å²) in [5.74, 6) is -4.77. The maximum absolute atomic E-state index is 13.0. The van der Waals surface area contributed by atoms with E-state index < -0.39 is 24.7 Å². The second-order valence-electron chi connectivity index (χ2n) is 3.74. The van der Waals surface area contributed by atoms with Gasteiger partial charge in [0.05, 0.1) is 17.6 Å². The number of aromatic nitrogens is 2. The minimum atomic E-state index is -4.19. The average molecular weight is 282 g/mol. The number of hydrogen-bond donors (Lipinski definition) is 1. The summed E-state index contributed by atoms with van der Waals surface area (Å²) in [6, 6.07) is 3.31. The van der Waals surface area contributed by atoms with Gasteiger partial charge in [0, 0.05) is 0 Å². The van der Waals surface area contributed by atoms with Crippen LogP contribution in [0.1, 0.15) is 0 Å². The van der Waals surface area contributed by atoms with Gasteiger partial charge in [0.2, 0.25) is 0 Å². The van der Waals surface area contributed by atoms with E-state index in [1.54, 1.807) is 0 Å². The van der Waals surface area contributed by atoms with Gasteiger partial charge in [0.1, 0.15) is 5.82 Å². The number of aromatic amines is 1. The number of benzene rings is 1. The Morgan fingerprint density at radius 1 is 1.33 bits per heavy atom. The van der Waals surface area contributed by atoms with Gasteiger partial charge >= 0.3 is 12.3 Å². The zero-order chi connectivity index (χ0) is 13.5. The molecule has 0 saturated carbocycles. The van der Waals surface area contributed by atoms with Crippen LogP contribution in [0, 0.1) is 10.6 Å². The Hall–Kier alpha value is -1.44. The van der Waals surface area contributed by atoms with Crippen LogP contribution < -0.4 is 0 Å². The quantitative estimate of drug-likeness (QED) is 0.672. The lowest BCUT2D eigenvalue weighted by atomic mass is 10.3. The van der Waals surface area contributed by atoms with Crippen molar-refractivity contribution in [2.75, 3.05) is 0 Å². The second kappa shape index (κ2) is 4.34. The summed E-state index contributed by atoms with van der Waals surface area (Å²) < 4.78 is 63.8. The smallest absolute Gasteiger partial charge is 0.324 e. The molecule has 0 aliphatic carbocycles. The van der Waals surface area contributed by atoms with Crippen LogP contribution in [0.3, 0.4) is 0 Å². The predicted octanol–water partition coefficient (Wildman–Crippen LogP) is 3.74. The third kappa shape index (κ3) is 2.24. The molecule has 0 atom stereocenters. The van der Waals surface area contributed by atoms with Crippen molar-refractivity contribution in [2.24, 2.45) is 0 Å². The molecule has 0 aliphatic heterocycles. The van der Waals surface area contributed by atoms with Gasteiger partial charge in [-0.2, -0.15) is 8.78 Å². The predicted molar refractivity (Wildman–Crippen MR) is 58.0 cm³/mol. The van der Waals surface area contributed by atoms with Gasteiger partial charge in [-0.15, -0.1) is 0 Å². The molecule has 98 valence electrons. The zero-order valence-corrected chi connectivity index (χ0v) is 9.58. The third-order valence-corrected chi connectivity index (χ3v) is 2.75. The molecule has 0 aliphatic rings. The summed E-state index contributed by atoms with van der Waals surface area (Å²) in [5.41, 5.74) is 0.340. The molecule has 2 nitrogen and oxygen atoms in total. The van der Waals surface area contributed by atoms with Crippen molar-refractivity contribution in [3.63, 3.8) is 0 Å². The van der Waals surface area contributed by atoms with Gasteiger partial charge < -0.3 is 9.55 Å². The van der Waals surface area contributed by atoms with E-state index in [4.69, 9.17) is 12.2 Å². The van der Waals surface area contributed by atoms with Gasteiger partial charge in [-0.25, -0.2) is 13.2 Å². The van der Waals surface area contributed by atoms with Gasteiger partial charge in [0.25, 0.3) is 0 Å². The molecule has 0 amide bonds. The van der Waals surface area contributed by atoms with Gasteiger partial charge in [-0.05, 0) is 30.4 Å². The Labute approximate surface area is 103 Å². The Morgan fingerprint density at radius 3 is 2.61 bits per heavy atom. The molecule has 2 aromatic rings. The minimum absolute atomic E-state index is 0.154. The van der Waals surface area contributed by atoms with Crippen LogP contribution in [-0.2, 0) is 6.54 Å². The highest BCUT2D eigenvalue weighted by Crippen LogP contribution is 2.27. The van der Waals surface area contributed by atoms with Crippen LogP contribution in [0.5, 0.6) is 0 Å². The van der Waals surface area contributed by atoms with E-state index in [1.165, 1.54) is 6.07 Å². The lowest BCUT2D eigenvalue weighted by Gasteiger charge is -2.16. The Bertz CT molecular complexity index is 631. The normalized spacial score (nSPS) is 12.6. The maximum atomic E-state index is 13.0. The first kappa shape index (κ1) is 13.0. The maximum Gasteiger partial charge on any atom is 0.324 e. The Morgan fingerprint density at radius 2 is 2.00 bits per heavy atom. The lowest BCUT2D eigenvalue weighted by Crippen LogP contribution is -2.32. The number of halogens is 5. The van der Waals surface area contributed by atoms with E-state index in [1.807, 2.05) is 0 Å². The van der Waals surface area contributed by atoms with Crippen molar-refractivity contribution in [3.8, 4) is 0 Å². The van der Waals surface area contributed by atoms with Crippen molar-refractivity contribution < 1.29 is 22.0 Å². The summed E-state index contributed by atoms with van der Waals surface area (Å²) in [4.78, 5) is 2.49. The molecule has 0 saturated heterocycles. The molecule has 8 heteroatoms. The first-order chi connectivity index (χ1) is 8.31.